The van der Waals surface area contributed by atoms with Gasteiger partial charge < -0.3 is 24.5 Å². The van der Waals surface area contributed by atoms with Crippen LogP contribution in [-0.2, 0) is 4.79 Å². The zero-order valence-electron chi connectivity index (χ0n) is 20.5. The zero-order valence-corrected chi connectivity index (χ0v) is 21.3. The van der Waals surface area contributed by atoms with Crippen LogP contribution in [0.1, 0.15) is 0 Å². The number of hydrogen-bond acceptors (Lipinski definition) is 7. The van der Waals surface area contributed by atoms with Gasteiger partial charge in [-0.05, 0) is 42.5 Å². The predicted molar refractivity (Wildman–Crippen MR) is 144 cm³/mol. The number of thioether (sulfide) groups is 1. The summed E-state index contributed by atoms with van der Waals surface area (Å²) >= 11 is 1.30. The van der Waals surface area contributed by atoms with Crippen LogP contribution in [0.4, 0.5) is 5.69 Å². The number of nitrogens with zero attached hydrogens (tertiary/aromatic N) is 3. The lowest BCUT2D eigenvalue weighted by molar-refractivity contribution is -0.113. The van der Waals surface area contributed by atoms with Gasteiger partial charge in [0.2, 0.25) is 5.91 Å². The molecule has 37 heavy (non-hydrogen) atoms. The highest BCUT2D eigenvalue weighted by atomic mass is 32.2. The molecule has 0 radical (unpaired) electrons. The molecule has 0 saturated heterocycles. The molecule has 5 rings (SSSR count). The fourth-order valence-corrected chi connectivity index (χ4v) is 4.75. The highest BCUT2D eigenvalue weighted by Gasteiger charge is 2.20. The Bertz CT molecular complexity index is 1540. The number of aromatic amines is 1. The summed E-state index contributed by atoms with van der Waals surface area (Å²) in [5.74, 6) is 2.49. The summed E-state index contributed by atoms with van der Waals surface area (Å²) in [5, 5.41) is 13.5. The number of amides is 1. The SMILES string of the molecule is COc1ccc(-n2c(SCC(=O)Nc3ccc(OC)c(OC)c3)nnc2-c2c[nH]c3ccccc23)cc1. The molecule has 188 valence electrons. The van der Waals surface area contributed by atoms with Gasteiger partial charge in [-0.1, -0.05) is 30.0 Å². The van der Waals surface area contributed by atoms with Crippen molar-refractivity contribution < 1.29 is 19.0 Å². The number of methoxy groups -OCH3 is 3. The Morgan fingerprint density at radius 1 is 0.946 bits per heavy atom. The Kier molecular flexibility index (Phi) is 7.00. The van der Waals surface area contributed by atoms with E-state index in [1.807, 2.05) is 59.3 Å². The topological polar surface area (TPSA) is 103 Å². The second-order valence-electron chi connectivity index (χ2n) is 7.99. The summed E-state index contributed by atoms with van der Waals surface area (Å²) in [4.78, 5) is 16.1. The Balaban J connectivity index is 1.43. The van der Waals surface area contributed by atoms with Crippen LogP contribution in [0.3, 0.4) is 0 Å². The van der Waals surface area contributed by atoms with Crippen LogP contribution in [0.15, 0.2) is 78.1 Å². The van der Waals surface area contributed by atoms with Gasteiger partial charge in [0.25, 0.3) is 0 Å². The largest absolute Gasteiger partial charge is 0.497 e. The number of rotatable bonds is 9. The lowest BCUT2D eigenvalue weighted by Gasteiger charge is -2.12. The molecule has 0 unspecified atom stereocenters. The van der Waals surface area contributed by atoms with E-state index < -0.39 is 0 Å². The van der Waals surface area contributed by atoms with Crippen molar-refractivity contribution in [2.45, 2.75) is 5.16 Å². The molecule has 9 nitrogen and oxygen atoms in total. The van der Waals surface area contributed by atoms with Crippen molar-refractivity contribution in [1.29, 1.82) is 0 Å². The van der Waals surface area contributed by atoms with Crippen molar-refractivity contribution in [2.24, 2.45) is 0 Å². The third-order valence-electron chi connectivity index (χ3n) is 5.79. The molecule has 2 N–H and O–H groups in total. The van der Waals surface area contributed by atoms with Gasteiger partial charge in [-0.25, -0.2) is 0 Å². The molecule has 3 aromatic carbocycles. The normalized spacial score (nSPS) is 10.9. The standard InChI is InChI=1S/C27H25N5O4S/c1-34-19-11-9-18(10-12-19)32-26(21-15-28-22-7-5-4-6-20(21)22)30-31-27(32)37-16-25(33)29-17-8-13-23(35-2)24(14-17)36-3/h4-15,28H,16H2,1-3H3,(H,29,33). The Morgan fingerprint density at radius 2 is 1.73 bits per heavy atom. The van der Waals surface area contributed by atoms with Crippen LogP contribution in [0.25, 0.3) is 28.0 Å². The van der Waals surface area contributed by atoms with E-state index >= 15 is 0 Å². The summed E-state index contributed by atoms with van der Waals surface area (Å²) in [6, 6.07) is 20.9. The van der Waals surface area contributed by atoms with Gasteiger partial charge in [0.1, 0.15) is 5.75 Å². The summed E-state index contributed by atoms with van der Waals surface area (Å²) in [5.41, 5.74) is 3.39. The van der Waals surface area contributed by atoms with Gasteiger partial charge in [0.15, 0.2) is 22.5 Å². The molecule has 2 heterocycles. The van der Waals surface area contributed by atoms with E-state index in [9.17, 15) is 4.79 Å². The maximum Gasteiger partial charge on any atom is 0.234 e. The summed E-state index contributed by atoms with van der Waals surface area (Å²) < 4.78 is 17.9. The maximum absolute atomic E-state index is 12.8. The minimum atomic E-state index is -0.185. The van der Waals surface area contributed by atoms with Gasteiger partial charge in [0, 0.05) is 40.1 Å². The van der Waals surface area contributed by atoms with Crippen molar-refractivity contribution in [3.8, 4) is 34.3 Å². The predicted octanol–water partition coefficient (Wildman–Crippen LogP) is 5.17. The lowest BCUT2D eigenvalue weighted by Crippen LogP contribution is -2.14. The van der Waals surface area contributed by atoms with E-state index in [0.717, 1.165) is 27.9 Å². The van der Waals surface area contributed by atoms with E-state index in [1.165, 1.54) is 11.8 Å². The van der Waals surface area contributed by atoms with Gasteiger partial charge in [-0.15, -0.1) is 10.2 Å². The first kappa shape index (κ1) is 24.3. The monoisotopic (exact) mass is 515 g/mol. The first-order valence-electron chi connectivity index (χ1n) is 11.4. The molecular formula is C27H25N5O4S. The number of carbonyl (C=O) groups is 1. The summed E-state index contributed by atoms with van der Waals surface area (Å²) in [6.07, 6.45) is 1.92. The van der Waals surface area contributed by atoms with Gasteiger partial charge in [-0.3, -0.25) is 9.36 Å². The number of ether oxygens (including phenoxy) is 3. The number of hydrogen-bond donors (Lipinski definition) is 2. The second-order valence-corrected chi connectivity index (χ2v) is 8.94. The number of fused-ring (bicyclic) bond motifs is 1. The molecule has 0 saturated carbocycles. The molecule has 5 aromatic rings. The maximum atomic E-state index is 12.8. The highest BCUT2D eigenvalue weighted by molar-refractivity contribution is 7.99. The number of carbonyl (C=O) groups excluding carboxylic acids is 1. The number of aromatic nitrogens is 4. The second kappa shape index (κ2) is 10.7. The van der Waals surface area contributed by atoms with Crippen LogP contribution < -0.4 is 19.5 Å². The Morgan fingerprint density at radius 3 is 2.49 bits per heavy atom. The number of anilines is 1. The number of H-pyrrole nitrogens is 1. The van der Waals surface area contributed by atoms with Crippen molar-refractivity contribution in [3.05, 3.63) is 72.9 Å². The molecular weight excluding hydrogens is 490 g/mol. The van der Waals surface area contributed by atoms with Crippen molar-refractivity contribution in [1.82, 2.24) is 19.7 Å². The average Bonchev–Trinajstić information content (AvgIpc) is 3.56. The van der Waals surface area contributed by atoms with Crippen LogP contribution in [-0.4, -0.2) is 52.7 Å². The van der Waals surface area contributed by atoms with Gasteiger partial charge in [-0.2, -0.15) is 0 Å². The smallest absolute Gasteiger partial charge is 0.234 e. The van der Waals surface area contributed by atoms with E-state index in [1.54, 1.807) is 39.5 Å². The Hall–Kier alpha value is -4.44. The van der Waals surface area contributed by atoms with Gasteiger partial charge in [0.05, 0.1) is 27.1 Å². The van der Waals surface area contributed by atoms with E-state index in [-0.39, 0.29) is 11.7 Å². The third-order valence-corrected chi connectivity index (χ3v) is 6.72. The van der Waals surface area contributed by atoms with Crippen molar-refractivity contribution in [3.63, 3.8) is 0 Å². The molecule has 0 aliphatic carbocycles. The molecule has 0 aliphatic heterocycles. The average molecular weight is 516 g/mol. The molecule has 0 fully saturated rings. The first-order valence-corrected chi connectivity index (χ1v) is 12.4. The highest BCUT2D eigenvalue weighted by Crippen LogP contribution is 2.33. The third kappa shape index (κ3) is 4.96. The molecule has 0 atom stereocenters. The van der Waals surface area contributed by atoms with Crippen LogP contribution in [0.2, 0.25) is 0 Å². The molecule has 0 bridgehead atoms. The summed E-state index contributed by atoms with van der Waals surface area (Å²) in [6.45, 7) is 0. The Labute approximate surface area is 217 Å². The van der Waals surface area contributed by atoms with Gasteiger partial charge >= 0.3 is 0 Å². The fraction of sp³-hybridized carbons (Fsp3) is 0.148. The van der Waals surface area contributed by atoms with E-state index in [0.29, 0.717) is 28.2 Å². The number of nitrogens with one attached hydrogen (secondary N) is 2. The first-order chi connectivity index (χ1) is 18.1. The molecule has 0 aliphatic rings. The summed E-state index contributed by atoms with van der Waals surface area (Å²) in [7, 11) is 4.75. The van der Waals surface area contributed by atoms with Crippen LogP contribution >= 0.6 is 11.8 Å². The minimum absolute atomic E-state index is 0.135. The lowest BCUT2D eigenvalue weighted by atomic mass is 10.1. The van der Waals surface area contributed by atoms with Crippen LogP contribution in [0.5, 0.6) is 17.2 Å². The molecule has 2 aromatic heterocycles. The number of benzene rings is 3. The van der Waals surface area contributed by atoms with E-state index in [2.05, 4.69) is 20.5 Å². The minimum Gasteiger partial charge on any atom is -0.497 e. The molecule has 1 amide bonds. The zero-order chi connectivity index (χ0) is 25.8. The van der Waals surface area contributed by atoms with Crippen molar-refractivity contribution in [2.75, 3.05) is 32.4 Å². The van der Waals surface area contributed by atoms with Crippen LogP contribution in [0, 0.1) is 0 Å². The van der Waals surface area contributed by atoms with Crippen molar-refractivity contribution >= 4 is 34.3 Å². The number of para-hydroxylation sites is 1. The quantitative estimate of drug-likeness (QED) is 0.261. The fourth-order valence-electron chi connectivity index (χ4n) is 4.00. The molecule has 10 heteroatoms. The molecule has 0 spiro atoms. The van der Waals surface area contributed by atoms with E-state index in [4.69, 9.17) is 14.2 Å².